The number of carbonyl (C=O) groups excluding carboxylic acids is 1. The number of rotatable bonds is 3. The Kier molecular flexibility index (Phi) is 4.60. The highest BCUT2D eigenvalue weighted by Gasteiger charge is 2.37. The van der Waals surface area contributed by atoms with Gasteiger partial charge in [-0.3, -0.25) is 0 Å². The summed E-state index contributed by atoms with van der Waals surface area (Å²) in [4.78, 5) is 11.9. The molecular weight excluding hydrogens is 346 g/mol. The number of halogens is 4. The molecule has 2 aromatic rings. The molecule has 0 aliphatic carbocycles. The Morgan fingerprint density at radius 2 is 1.96 bits per heavy atom. The number of hydrogen-bond acceptors (Lipinski definition) is 5. The van der Waals surface area contributed by atoms with Crippen LogP contribution in [0.25, 0.3) is 5.69 Å². The predicted octanol–water partition coefficient (Wildman–Crippen LogP) is 2.88. The number of nitrogens with zero attached hydrogens (tertiary/aromatic N) is 2. The number of nitrogen functional groups attached to an aromatic ring is 1. The van der Waals surface area contributed by atoms with Gasteiger partial charge in [0.1, 0.15) is 11.8 Å². The second-order valence-corrected chi connectivity index (χ2v) is 4.78. The average Bonchev–Trinajstić information content (AvgIpc) is 2.89. The van der Waals surface area contributed by atoms with E-state index in [1.807, 2.05) is 0 Å². The molecule has 10 heteroatoms. The van der Waals surface area contributed by atoms with Crippen LogP contribution in [0.4, 0.5) is 23.2 Å². The van der Waals surface area contributed by atoms with E-state index in [1.54, 1.807) is 6.07 Å². The summed E-state index contributed by atoms with van der Waals surface area (Å²) in [5.41, 5.74) is 2.35. The topological polar surface area (TPSA) is 90.3 Å². The first-order chi connectivity index (χ1) is 11.6. The molecule has 0 atom stereocenters. The molecule has 0 saturated carbocycles. The van der Waals surface area contributed by atoms with Gasteiger partial charge in [0.2, 0.25) is 0 Å². The number of nitrogens with two attached hydrogens (primary N) is 1. The molecule has 0 aliphatic rings. The number of anilines is 1. The minimum Gasteiger partial charge on any atom is -0.497 e. The molecule has 1 heterocycles. The van der Waals surface area contributed by atoms with Gasteiger partial charge in [-0.1, -0.05) is 0 Å². The molecule has 0 spiro atoms. The third kappa shape index (κ3) is 3.08. The quantitative estimate of drug-likeness (QED) is 0.674. The molecule has 0 aliphatic heterocycles. The fourth-order valence-electron chi connectivity index (χ4n) is 2.19. The van der Waals surface area contributed by atoms with Crippen molar-refractivity contribution in [3.63, 3.8) is 0 Å². The Labute approximate surface area is 139 Å². The van der Waals surface area contributed by atoms with Gasteiger partial charge < -0.3 is 19.8 Å². The molecule has 0 fully saturated rings. The van der Waals surface area contributed by atoms with Crippen LogP contribution in [0.1, 0.15) is 21.6 Å². The summed E-state index contributed by atoms with van der Waals surface area (Å²) in [6.45, 7) is 0. The van der Waals surface area contributed by atoms with Crippen LogP contribution in [0, 0.1) is 17.1 Å². The van der Waals surface area contributed by atoms with E-state index >= 15 is 0 Å². The first-order valence-corrected chi connectivity index (χ1v) is 6.60. The number of aromatic nitrogens is 1. The lowest BCUT2D eigenvalue weighted by Crippen LogP contribution is -2.15. The SMILES string of the molecule is COC(=O)c1c(N)c(C#N)cn1-c1cc(OC)cc(C(F)(F)F)c1F. The second-order valence-electron chi connectivity index (χ2n) is 4.78. The molecule has 2 rings (SSSR count). The summed E-state index contributed by atoms with van der Waals surface area (Å²) in [5.74, 6) is -3.00. The Hall–Kier alpha value is -3.22. The summed E-state index contributed by atoms with van der Waals surface area (Å²) in [6, 6.07) is 3.09. The highest BCUT2D eigenvalue weighted by molar-refractivity contribution is 5.96. The number of alkyl halides is 3. The molecule has 132 valence electrons. The van der Waals surface area contributed by atoms with Crippen molar-refractivity contribution < 1.29 is 31.8 Å². The van der Waals surface area contributed by atoms with Crippen LogP contribution in [0.5, 0.6) is 5.75 Å². The third-order valence-electron chi connectivity index (χ3n) is 3.37. The van der Waals surface area contributed by atoms with Crippen LogP contribution in [-0.2, 0) is 10.9 Å². The van der Waals surface area contributed by atoms with Gasteiger partial charge in [0.05, 0.1) is 36.7 Å². The molecule has 0 radical (unpaired) electrons. The smallest absolute Gasteiger partial charge is 0.419 e. The van der Waals surface area contributed by atoms with Crippen molar-refractivity contribution >= 4 is 11.7 Å². The summed E-state index contributed by atoms with van der Waals surface area (Å²) < 4.78 is 63.7. The Morgan fingerprint density at radius 3 is 2.44 bits per heavy atom. The number of nitriles is 1. The zero-order chi connectivity index (χ0) is 18.9. The molecule has 0 bridgehead atoms. The van der Waals surface area contributed by atoms with Crippen molar-refractivity contribution in [3.05, 3.63) is 41.0 Å². The number of benzene rings is 1. The molecule has 0 unspecified atom stereocenters. The lowest BCUT2D eigenvalue weighted by Gasteiger charge is -2.15. The van der Waals surface area contributed by atoms with Crippen LogP contribution in [0.2, 0.25) is 0 Å². The lowest BCUT2D eigenvalue weighted by molar-refractivity contribution is -0.140. The highest BCUT2D eigenvalue weighted by Crippen LogP contribution is 2.37. The van der Waals surface area contributed by atoms with E-state index in [-0.39, 0.29) is 17.0 Å². The lowest BCUT2D eigenvalue weighted by atomic mass is 10.1. The van der Waals surface area contributed by atoms with Gasteiger partial charge in [0.15, 0.2) is 11.5 Å². The maximum absolute atomic E-state index is 14.5. The Balaban J connectivity index is 2.88. The van der Waals surface area contributed by atoms with Crippen LogP contribution >= 0.6 is 0 Å². The van der Waals surface area contributed by atoms with Crippen molar-refractivity contribution in [2.24, 2.45) is 0 Å². The minimum atomic E-state index is -5.00. The number of ether oxygens (including phenoxy) is 2. The Morgan fingerprint density at radius 1 is 1.32 bits per heavy atom. The standard InChI is InChI=1S/C15H11F4N3O3/c1-24-8-3-9(15(17,18)19)11(16)10(4-8)22-6-7(5-20)12(21)13(22)14(23)25-2/h3-4,6H,21H2,1-2H3. The molecule has 0 amide bonds. The van der Waals surface area contributed by atoms with Gasteiger partial charge in [-0.05, 0) is 6.07 Å². The van der Waals surface area contributed by atoms with Crippen LogP contribution in [0.15, 0.2) is 18.3 Å². The maximum Gasteiger partial charge on any atom is 0.419 e. The average molecular weight is 357 g/mol. The first kappa shape index (κ1) is 18.1. The van der Waals surface area contributed by atoms with E-state index in [2.05, 4.69) is 4.74 Å². The third-order valence-corrected chi connectivity index (χ3v) is 3.37. The van der Waals surface area contributed by atoms with Crippen LogP contribution < -0.4 is 10.5 Å². The summed E-state index contributed by atoms with van der Waals surface area (Å²) in [5, 5.41) is 9.02. The zero-order valence-corrected chi connectivity index (χ0v) is 12.9. The maximum atomic E-state index is 14.5. The molecule has 2 N–H and O–H groups in total. The van der Waals surface area contributed by atoms with E-state index in [9.17, 15) is 22.4 Å². The van der Waals surface area contributed by atoms with Crippen molar-refractivity contribution in [2.45, 2.75) is 6.18 Å². The van der Waals surface area contributed by atoms with Crippen LogP contribution in [0.3, 0.4) is 0 Å². The zero-order valence-electron chi connectivity index (χ0n) is 12.9. The van der Waals surface area contributed by atoms with Gasteiger partial charge in [-0.2, -0.15) is 18.4 Å². The van der Waals surface area contributed by atoms with Crippen LogP contribution in [-0.4, -0.2) is 24.8 Å². The monoisotopic (exact) mass is 357 g/mol. The van der Waals surface area contributed by atoms with E-state index in [0.717, 1.165) is 31.0 Å². The second kappa shape index (κ2) is 6.35. The fraction of sp³-hybridized carbons (Fsp3) is 0.200. The molecule has 6 nitrogen and oxygen atoms in total. The molecule has 0 saturated heterocycles. The van der Waals surface area contributed by atoms with Gasteiger partial charge in [-0.15, -0.1) is 0 Å². The fourth-order valence-corrected chi connectivity index (χ4v) is 2.19. The number of methoxy groups -OCH3 is 2. The minimum absolute atomic E-state index is 0.226. The predicted molar refractivity (Wildman–Crippen MR) is 77.7 cm³/mol. The summed E-state index contributed by atoms with van der Waals surface area (Å²) in [6.07, 6.45) is -4.06. The van der Waals surface area contributed by atoms with E-state index in [1.165, 1.54) is 0 Å². The van der Waals surface area contributed by atoms with Crippen molar-refractivity contribution in [1.29, 1.82) is 5.26 Å². The van der Waals surface area contributed by atoms with Gasteiger partial charge in [0, 0.05) is 12.3 Å². The first-order valence-electron chi connectivity index (χ1n) is 6.60. The van der Waals surface area contributed by atoms with Crippen molar-refractivity contribution in [2.75, 3.05) is 20.0 Å². The van der Waals surface area contributed by atoms with Gasteiger partial charge >= 0.3 is 12.1 Å². The normalized spacial score (nSPS) is 11.1. The largest absolute Gasteiger partial charge is 0.497 e. The van der Waals surface area contributed by atoms with E-state index in [4.69, 9.17) is 15.7 Å². The Bertz CT molecular complexity index is 882. The van der Waals surface area contributed by atoms with Gasteiger partial charge in [-0.25, -0.2) is 9.18 Å². The van der Waals surface area contributed by atoms with E-state index in [0.29, 0.717) is 6.07 Å². The van der Waals surface area contributed by atoms with Crippen molar-refractivity contribution in [3.8, 4) is 17.5 Å². The number of hydrogen-bond donors (Lipinski definition) is 1. The van der Waals surface area contributed by atoms with Crippen molar-refractivity contribution in [1.82, 2.24) is 4.57 Å². The molecule has 25 heavy (non-hydrogen) atoms. The van der Waals surface area contributed by atoms with Gasteiger partial charge in [0.25, 0.3) is 0 Å². The summed E-state index contributed by atoms with van der Waals surface area (Å²) in [7, 11) is 2.11. The number of esters is 1. The number of carbonyl (C=O) groups is 1. The molecule has 1 aromatic carbocycles. The molecule has 1 aromatic heterocycles. The summed E-state index contributed by atoms with van der Waals surface area (Å²) >= 11 is 0. The highest BCUT2D eigenvalue weighted by atomic mass is 19.4. The van der Waals surface area contributed by atoms with E-state index < -0.39 is 34.9 Å². The molecular formula is C15H11F4N3O3.